The first-order valence-corrected chi connectivity index (χ1v) is 10.7. The highest BCUT2D eigenvalue weighted by molar-refractivity contribution is 5.73. The van der Waals surface area contributed by atoms with Gasteiger partial charge >= 0.3 is 0 Å². The van der Waals surface area contributed by atoms with Gasteiger partial charge in [-0.15, -0.1) is 0 Å². The summed E-state index contributed by atoms with van der Waals surface area (Å²) in [5, 5.41) is 11.4. The molecule has 29 heavy (non-hydrogen) atoms. The van der Waals surface area contributed by atoms with E-state index in [9.17, 15) is 14.3 Å². The number of β-amino-alcohol motifs (C(OH)–C–C–N with tert-alkyl or cyclic N) is 1. The molecule has 6 heteroatoms. The number of halogens is 1. The van der Waals surface area contributed by atoms with Crippen LogP contribution in [0.2, 0.25) is 0 Å². The largest absolute Gasteiger partial charge is 0.490 e. The number of amides is 1. The summed E-state index contributed by atoms with van der Waals surface area (Å²) in [4.78, 5) is 16.1. The molecule has 1 aromatic rings. The molecule has 0 bridgehead atoms. The molecule has 5 nitrogen and oxygen atoms in total. The van der Waals surface area contributed by atoms with E-state index in [-0.39, 0.29) is 24.9 Å². The highest BCUT2D eigenvalue weighted by Crippen LogP contribution is 2.37. The van der Waals surface area contributed by atoms with Crippen molar-refractivity contribution >= 4 is 5.91 Å². The Balaban J connectivity index is 1.72. The van der Waals surface area contributed by atoms with Crippen molar-refractivity contribution in [3.8, 4) is 5.75 Å². The number of aliphatic hydroxyl groups is 1. The molecular weight excluding hydrogens is 371 g/mol. The topological polar surface area (TPSA) is 53.0 Å². The van der Waals surface area contributed by atoms with Crippen molar-refractivity contribution in [3.05, 3.63) is 29.6 Å². The van der Waals surface area contributed by atoms with Crippen molar-refractivity contribution < 1.29 is 19.0 Å². The number of hydrogen-bond donors (Lipinski definition) is 1. The van der Waals surface area contributed by atoms with Crippen molar-refractivity contribution in [1.29, 1.82) is 0 Å². The maximum atomic E-state index is 13.5. The molecule has 1 N–H and O–H groups in total. The molecule has 0 unspecified atom stereocenters. The number of carbonyl (C=O) groups excluding carboxylic acids is 1. The molecule has 1 aliphatic heterocycles. The monoisotopic (exact) mass is 406 g/mol. The summed E-state index contributed by atoms with van der Waals surface area (Å²) in [6.07, 6.45) is 4.57. The molecule has 2 aliphatic rings. The summed E-state index contributed by atoms with van der Waals surface area (Å²) in [5.41, 5.74) is -0.280. The number of aryl methyl sites for hydroxylation is 1. The van der Waals surface area contributed by atoms with Crippen LogP contribution in [0.15, 0.2) is 18.2 Å². The molecule has 162 valence electrons. The lowest BCUT2D eigenvalue weighted by atomic mass is 9.75. The third-order valence-corrected chi connectivity index (χ3v) is 6.55. The molecule has 2 fully saturated rings. The Morgan fingerprint density at radius 1 is 1.24 bits per heavy atom. The van der Waals surface area contributed by atoms with Crippen LogP contribution >= 0.6 is 0 Å². The van der Waals surface area contributed by atoms with E-state index in [0.29, 0.717) is 35.9 Å². The Labute approximate surface area is 173 Å². The van der Waals surface area contributed by atoms with E-state index in [1.165, 1.54) is 18.9 Å². The zero-order valence-corrected chi connectivity index (χ0v) is 18.2. The third kappa shape index (κ3) is 5.70. The second-order valence-electron chi connectivity index (χ2n) is 9.73. The number of nitrogens with zero attached hydrogens (tertiary/aromatic N) is 2. The molecule has 1 aromatic carbocycles. The molecule has 0 spiro atoms. The summed E-state index contributed by atoms with van der Waals surface area (Å²) in [6, 6.07) is 5.01. The van der Waals surface area contributed by atoms with Crippen LogP contribution in [0.5, 0.6) is 5.75 Å². The first kappa shape index (κ1) is 22.0. The van der Waals surface area contributed by atoms with Crippen LogP contribution in [-0.2, 0) is 4.79 Å². The van der Waals surface area contributed by atoms with Gasteiger partial charge in [-0.2, -0.15) is 0 Å². The van der Waals surface area contributed by atoms with Gasteiger partial charge in [0.1, 0.15) is 23.8 Å². The molecule has 1 heterocycles. The second kappa shape index (κ2) is 8.60. The fourth-order valence-electron chi connectivity index (χ4n) is 4.54. The molecule has 0 aromatic heterocycles. The fraction of sp³-hybridized carbons (Fsp3) is 0.696. The van der Waals surface area contributed by atoms with Gasteiger partial charge in [-0.05, 0) is 61.8 Å². The quantitative estimate of drug-likeness (QED) is 0.833. The Kier molecular flexibility index (Phi) is 6.54. The normalized spacial score (nSPS) is 26.2. The van der Waals surface area contributed by atoms with Gasteiger partial charge in [-0.1, -0.05) is 13.8 Å². The Bertz CT molecular complexity index is 729. The predicted octanol–water partition coefficient (Wildman–Crippen LogP) is 3.38. The SMILES string of the molecule is CC(=O)N1CCN(C2CCC(C)(C)CC2)C[C@](O)(COc2ccc(F)c(C)c2)C1. The van der Waals surface area contributed by atoms with E-state index < -0.39 is 5.60 Å². The van der Waals surface area contributed by atoms with Gasteiger partial charge in [0.2, 0.25) is 5.91 Å². The second-order valence-corrected chi connectivity index (χ2v) is 9.73. The van der Waals surface area contributed by atoms with Crippen molar-refractivity contribution in [2.24, 2.45) is 5.41 Å². The Hall–Kier alpha value is -1.66. The lowest BCUT2D eigenvalue weighted by Gasteiger charge is -2.41. The molecule has 1 atom stereocenters. The summed E-state index contributed by atoms with van der Waals surface area (Å²) < 4.78 is 19.4. The van der Waals surface area contributed by atoms with Crippen LogP contribution in [0.4, 0.5) is 4.39 Å². The zero-order chi connectivity index (χ0) is 21.2. The minimum Gasteiger partial charge on any atom is -0.490 e. The molecule has 0 radical (unpaired) electrons. The zero-order valence-electron chi connectivity index (χ0n) is 18.2. The molecule has 3 rings (SSSR count). The number of hydrogen-bond acceptors (Lipinski definition) is 4. The highest BCUT2D eigenvalue weighted by atomic mass is 19.1. The molecule has 1 saturated heterocycles. The van der Waals surface area contributed by atoms with Crippen LogP contribution in [0, 0.1) is 18.2 Å². The third-order valence-electron chi connectivity index (χ3n) is 6.55. The lowest BCUT2D eigenvalue weighted by molar-refractivity contribution is -0.132. The van der Waals surface area contributed by atoms with Crippen molar-refractivity contribution in [1.82, 2.24) is 9.80 Å². The average Bonchev–Trinajstić information content (AvgIpc) is 2.83. The van der Waals surface area contributed by atoms with Crippen LogP contribution in [0.25, 0.3) is 0 Å². The van der Waals surface area contributed by atoms with Gasteiger partial charge in [0.05, 0.1) is 6.54 Å². The fourth-order valence-corrected chi connectivity index (χ4v) is 4.54. The summed E-state index contributed by atoms with van der Waals surface area (Å²) in [6.45, 7) is 10.0. The molecular formula is C23H35FN2O3. The highest BCUT2D eigenvalue weighted by Gasteiger charge is 2.40. The van der Waals surface area contributed by atoms with Gasteiger partial charge in [-0.25, -0.2) is 4.39 Å². The minimum atomic E-state index is -1.17. The number of ether oxygens (including phenoxy) is 1. The van der Waals surface area contributed by atoms with Crippen molar-refractivity contribution in [2.45, 2.75) is 65.0 Å². The summed E-state index contributed by atoms with van der Waals surface area (Å²) in [5.74, 6) is 0.217. The minimum absolute atomic E-state index is 0.0346. The predicted molar refractivity (Wildman–Crippen MR) is 111 cm³/mol. The van der Waals surface area contributed by atoms with E-state index in [0.717, 1.165) is 19.4 Å². The lowest BCUT2D eigenvalue weighted by Crippen LogP contribution is -2.53. The van der Waals surface area contributed by atoms with Gasteiger partial charge < -0.3 is 14.7 Å². The van der Waals surface area contributed by atoms with Crippen molar-refractivity contribution in [3.63, 3.8) is 0 Å². The maximum Gasteiger partial charge on any atom is 0.219 e. The molecule has 1 aliphatic carbocycles. The first-order chi connectivity index (χ1) is 13.6. The number of carbonyl (C=O) groups is 1. The number of benzene rings is 1. The molecule has 1 amide bonds. The average molecular weight is 407 g/mol. The standard InChI is InChI=1S/C23H35FN2O3/c1-17-13-20(5-6-21(17)24)29-16-23(28)14-25(18(2)27)11-12-26(15-23)19-7-9-22(3,4)10-8-19/h5-6,13,19,28H,7-12,14-16H2,1-4H3/t23-/m0/s1. The van der Waals surface area contributed by atoms with Gasteiger partial charge in [-0.3, -0.25) is 9.69 Å². The van der Waals surface area contributed by atoms with E-state index in [1.54, 1.807) is 30.9 Å². The van der Waals surface area contributed by atoms with Gasteiger partial charge in [0.25, 0.3) is 0 Å². The van der Waals surface area contributed by atoms with Crippen molar-refractivity contribution in [2.75, 3.05) is 32.8 Å². The van der Waals surface area contributed by atoms with Crippen LogP contribution in [0.1, 0.15) is 52.0 Å². The maximum absolute atomic E-state index is 13.5. The van der Waals surface area contributed by atoms with Gasteiger partial charge in [0, 0.05) is 32.6 Å². The van der Waals surface area contributed by atoms with Crippen LogP contribution in [-0.4, -0.2) is 65.2 Å². The van der Waals surface area contributed by atoms with E-state index >= 15 is 0 Å². The smallest absolute Gasteiger partial charge is 0.219 e. The van der Waals surface area contributed by atoms with Crippen LogP contribution in [0.3, 0.4) is 0 Å². The van der Waals surface area contributed by atoms with Gasteiger partial charge in [0.15, 0.2) is 0 Å². The molecule has 1 saturated carbocycles. The Morgan fingerprint density at radius 2 is 1.93 bits per heavy atom. The van der Waals surface area contributed by atoms with Crippen LogP contribution < -0.4 is 4.74 Å². The number of rotatable bonds is 4. The summed E-state index contributed by atoms with van der Waals surface area (Å²) >= 11 is 0. The summed E-state index contributed by atoms with van der Waals surface area (Å²) in [7, 11) is 0. The van der Waals surface area contributed by atoms with E-state index in [4.69, 9.17) is 4.74 Å². The van der Waals surface area contributed by atoms with E-state index in [2.05, 4.69) is 18.7 Å². The van der Waals surface area contributed by atoms with E-state index in [1.807, 2.05) is 0 Å². The first-order valence-electron chi connectivity index (χ1n) is 10.7. The Morgan fingerprint density at radius 3 is 2.55 bits per heavy atom.